The highest BCUT2D eigenvalue weighted by Crippen LogP contribution is 2.24. The zero-order valence-electron chi connectivity index (χ0n) is 11.3. The number of aryl methyl sites for hydroxylation is 1. The first kappa shape index (κ1) is 13.1. The summed E-state index contributed by atoms with van der Waals surface area (Å²) in [5, 5.41) is 6.29. The zero-order chi connectivity index (χ0) is 13.0. The summed E-state index contributed by atoms with van der Waals surface area (Å²) in [5.41, 5.74) is 2.26. The Kier molecular flexibility index (Phi) is 4.02. The molecule has 0 aromatic heterocycles. The van der Waals surface area contributed by atoms with Gasteiger partial charge in [0.05, 0.1) is 5.41 Å². The van der Waals surface area contributed by atoms with Gasteiger partial charge in [0.1, 0.15) is 0 Å². The van der Waals surface area contributed by atoms with Crippen LogP contribution in [0.15, 0.2) is 24.3 Å². The van der Waals surface area contributed by atoms with E-state index in [0.29, 0.717) is 6.54 Å². The molecule has 0 radical (unpaired) electrons. The molecule has 1 aromatic rings. The van der Waals surface area contributed by atoms with Gasteiger partial charge in [-0.15, -0.1) is 0 Å². The second kappa shape index (κ2) is 5.53. The highest BCUT2D eigenvalue weighted by atomic mass is 16.2. The number of hydrogen-bond donors (Lipinski definition) is 2. The second-order valence-corrected chi connectivity index (χ2v) is 5.34. The first-order valence-corrected chi connectivity index (χ1v) is 6.71. The molecule has 2 rings (SSSR count). The van der Waals surface area contributed by atoms with Crippen LogP contribution >= 0.6 is 0 Å². The van der Waals surface area contributed by atoms with E-state index in [4.69, 9.17) is 0 Å². The molecular formula is C15H22N2O. The third-order valence-electron chi connectivity index (χ3n) is 3.80. The van der Waals surface area contributed by atoms with Gasteiger partial charge >= 0.3 is 0 Å². The number of carbonyl (C=O) groups is 1. The summed E-state index contributed by atoms with van der Waals surface area (Å²) in [6.07, 6.45) is 1.98. The van der Waals surface area contributed by atoms with Crippen LogP contribution in [0.4, 0.5) is 0 Å². The van der Waals surface area contributed by atoms with Crippen LogP contribution in [0.3, 0.4) is 0 Å². The largest absolute Gasteiger partial charge is 0.352 e. The first-order valence-electron chi connectivity index (χ1n) is 6.71. The molecule has 1 aliphatic rings. The molecule has 0 spiro atoms. The lowest BCUT2D eigenvalue weighted by atomic mass is 9.89. The summed E-state index contributed by atoms with van der Waals surface area (Å²) < 4.78 is 0. The Morgan fingerprint density at radius 2 is 2.00 bits per heavy atom. The molecule has 3 heteroatoms. The van der Waals surface area contributed by atoms with E-state index in [-0.39, 0.29) is 11.3 Å². The molecule has 98 valence electrons. The predicted molar refractivity (Wildman–Crippen MR) is 73.3 cm³/mol. The Morgan fingerprint density at radius 3 is 2.56 bits per heavy atom. The number of rotatable bonds is 4. The average Bonchev–Trinajstić information content (AvgIpc) is 2.85. The summed E-state index contributed by atoms with van der Waals surface area (Å²) in [5.74, 6) is 0.159. The van der Waals surface area contributed by atoms with Crippen molar-refractivity contribution in [3.05, 3.63) is 35.4 Å². The van der Waals surface area contributed by atoms with E-state index >= 15 is 0 Å². The van der Waals surface area contributed by atoms with Crippen LogP contribution < -0.4 is 10.6 Å². The highest BCUT2D eigenvalue weighted by molar-refractivity contribution is 5.82. The third kappa shape index (κ3) is 2.91. The van der Waals surface area contributed by atoms with Crippen molar-refractivity contribution in [2.24, 2.45) is 5.41 Å². The van der Waals surface area contributed by atoms with Crippen molar-refractivity contribution in [2.45, 2.75) is 33.2 Å². The molecule has 18 heavy (non-hydrogen) atoms. The van der Waals surface area contributed by atoms with Crippen molar-refractivity contribution in [2.75, 3.05) is 13.1 Å². The minimum absolute atomic E-state index is 0.159. The van der Waals surface area contributed by atoms with Crippen molar-refractivity contribution >= 4 is 5.91 Å². The minimum atomic E-state index is -0.233. The first-order chi connectivity index (χ1) is 8.64. The Morgan fingerprint density at radius 1 is 1.33 bits per heavy atom. The number of hydrogen-bond acceptors (Lipinski definition) is 2. The average molecular weight is 246 g/mol. The Hall–Kier alpha value is -1.35. The van der Waals surface area contributed by atoms with Crippen LogP contribution in [0.5, 0.6) is 0 Å². The molecule has 0 aliphatic carbocycles. The molecule has 0 saturated carbocycles. The smallest absolute Gasteiger partial charge is 0.227 e. The van der Waals surface area contributed by atoms with E-state index in [1.165, 1.54) is 5.56 Å². The SMILES string of the molecule is CCc1ccc(CNC(=O)C2(C)CCNC2)cc1. The molecule has 1 amide bonds. The van der Waals surface area contributed by atoms with Crippen molar-refractivity contribution < 1.29 is 4.79 Å². The van der Waals surface area contributed by atoms with Crippen LogP contribution in [-0.2, 0) is 17.8 Å². The van der Waals surface area contributed by atoms with Gasteiger partial charge in [-0.2, -0.15) is 0 Å². The van der Waals surface area contributed by atoms with Gasteiger partial charge in [0, 0.05) is 13.1 Å². The van der Waals surface area contributed by atoms with Gasteiger partial charge in [0.25, 0.3) is 0 Å². The zero-order valence-corrected chi connectivity index (χ0v) is 11.3. The van der Waals surface area contributed by atoms with E-state index in [0.717, 1.165) is 31.5 Å². The molecule has 1 atom stereocenters. The standard InChI is InChI=1S/C15H22N2O/c1-3-12-4-6-13(7-5-12)10-17-14(18)15(2)8-9-16-11-15/h4-7,16H,3,8-11H2,1-2H3,(H,17,18). The molecule has 1 fully saturated rings. The highest BCUT2D eigenvalue weighted by Gasteiger charge is 2.35. The van der Waals surface area contributed by atoms with Gasteiger partial charge in [-0.05, 0) is 37.4 Å². The Bertz CT molecular complexity index is 405. The van der Waals surface area contributed by atoms with Gasteiger partial charge in [-0.25, -0.2) is 0 Å². The molecule has 0 bridgehead atoms. The molecular weight excluding hydrogens is 224 g/mol. The fourth-order valence-corrected chi connectivity index (χ4v) is 2.30. The van der Waals surface area contributed by atoms with Gasteiger partial charge < -0.3 is 10.6 Å². The van der Waals surface area contributed by atoms with E-state index in [9.17, 15) is 4.79 Å². The molecule has 1 unspecified atom stereocenters. The number of nitrogens with one attached hydrogen (secondary N) is 2. The number of amides is 1. The van der Waals surface area contributed by atoms with E-state index < -0.39 is 0 Å². The Balaban J connectivity index is 1.88. The molecule has 3 nitrogen and oxygen atoms in total. The molecule has 1 saturated heterocycles. The summed E-state index contributed by atoms with van der Waals surface area (Å²) in [7, 11) is 0. The fraction of sp³-hybridized carbons (Fsp3) is 0.533. The minimum Gasteiger partial charge on any atom is -0.352 e. The maximum absolute atomic E-state index is 12.1. The van der Waals surface area contributed by atoms with Crippen LogP contribution in [0.2, 0.25) is 0 Å². The molecule has 1 aliphatic heterocycles. The summed E-state index contributed by atoms with van der Waals surface area (Å²) in [6.45, 7) is 6.52. The van der Waals surface area contributed by atoms with Crippen LogP contribution in [-0.4, -0.2) is 19.0 Å². The van der Waals surface area contributed by atoms with Crippen molar-refractivity contribution in [3.8, 4) is 0 Å². The van der Waals surface area contributed by atoms with Crippen LogP contribution in [0, 0.1) is 5.41 Å². The lowest BCUT2D eigenvalue weighted by Gasteiger charge is -2.21. The quantitative estimate of drug-likeness (QED) is 0.851. The molecule has 1 heterocycles. The lowest BCUT2D eigenvalue weighted by molar-refractivity contribution is -0.129. The van der Waals surface area contributed by atoms with Crippen molar-refractivity contribution in [1.82, 2.24) is 10.6 Å². The van der Waals surface area contributed by atoms with Crippen molar-refractivity contribution in [3.63, 3.8) is 0 Å². The normalized spacial score (nSPS) is 23.0. The van der Waals surface area contributed by atoms with Gasteiger partial charge in [0.15, 0.2) is 0 Å². The maximum Gasteiger partial charge on any atom is 0.227 e. The van der Waals surface area contributed by atoms with E-state index in [1.807, 2.05) is 6.92 Å². The van der Waals surface area contributed by atoms with Crippen LogP contribution in [0.1, 0.15) is 31.4 Å². The van der Waals surface area contributed by atoms with Crippen molar-refractivity contribution in [1.29, 1.82) is 0 Å². The van der Waals surface area contributed by atoms with Gasteiger partial charge in [0.2, 0.25) is 5.91 Å². The number of benzene rings is 1. The molecule has 2 N–H and O–H groups in total. The predicted octanol–water partition coefficient (Wildman–Crippen LogP) is 1.86. The summed E-state index contributed by atoms with van der Waals surface area (Å²) in [6, 6.07) is 8.43. The molecule has 1 aromatic carbocycles. The topological polar surface area (TPSA) is 41.1 Å². The van der Waals surface area contributed by atoms with Gasteiger partial charge in [-0.3, -0.25) is 4.79 Å². The lowest BCUT2D eigenvalue weighted by Crippen LogP contribution is -2.39. The maximum atomic E-state index is 12.1. The van der Waals surface area contributed by atoms with Crippen LogP contribution in [0.25, 0.3) is 0 Å². The monoisotopic (exact) mass is 246 g/mol. The second-order valence-electron chi connectivity index (χ2n) is 5.34. The number of carbonyl (C=O) groups excluding carboxylic acids is 1. The van der Waals surface area contributed by atoms with E-state index in [2.05, 4.69) is 41.8 Å². The van der Waals surface area contributed by atoms with Gasteiger partial charge in [-0.1, -0.05) is 31.2 Å². The summed E-state index contributed by atoms with van der Waals surface area (Å²) >= 11 is 0. The fourth-order valence-electron chi connectivity index (χ4n) is 2.30. The Labute approximate surface area is 109 Å². The summed E-state index contributed by atoms with van der Waals surface area (Å²) in [4.78, 5) is 12.1. The third-order valence-corrected chi connectivity index (χ3v) is 3.80. The van der Waals surface area contributed by atoms with E-state index in [1.54, 1.807) is 0 Å².